The van der Waals surface area contributed by atoms with E-state index in [0.717, 1.165) is 16.7 Å². The van der Waals surface area contributed by atoms with Crippen LogP contribution in [0.25, 0.3) is 0 Å². The number of Topliss-reactive ketones (excluding diaryl/α,β-unsaturated/α-hetero) is 3. The molecule has 0 aliphatic carbocycles. The summed E-state index contributed by atoms with van der Waals surface area (Å²) in [6.07, 6.45) is 0. The highest BCUT2D eigenvalue weighted by atomic mass is 16.1. The largest absolute Gasteiger partial charge is 0.299 e. The first kappa shape index (κ1) is 33.7. The molecular formula is C36H48O3. The number of hydrogen-bond acceptors (Lipinski definition) is 3. The lowest BCUT2D eigenvalue weighted by Gasteiger charge is -2.12. The van der Waals surface area contributed by atoms with Crippen molar-refractivity contribution in [3.63, 3.8) is 0 Å². The van der Waals surface area contributed by atoms with Crippen LogP contribution in [0.5, 0.6) is 0 Å². The molecule has 3 aromatic rings. The number of ketones is 3. The summed E-state index contributed by atoms with van der Waals surface area (Å²) < 4.78 is 0. The molecule has 0 N–H and O–H groups in total. The van der Waals surface area contributed by atoms with E-state index < -0.39 is 0 Å². The zero-order chi connectivity index (χ0) is 29.5. The molecule has 39 heavy (non-hydrogen) atoms. The summed E-state index contributed by atoms with van der Waals surface area (Å²) >= 11 is 0. The van der Waals surface area contributed by atoms with E-state index in [0.29, 0.717) is 17.3 Å². The van der Waals surface area contributed by atoms with Crippen molar-refractivity contribution >= 4 is 17.3 Å². The van der Waals surface area contributed by atoms with Gasteiger partial charge in [-0.15, -0.1) is 0 Å². The van der Waals surface area contributed by atoms with Gasteiger partial charge in [-0.2, -0.15) is 0 Å². The molecule has 0 bridgehead atoms. The second kappa shape index (κ2) is 17.3. The highest BCUT2D eigenvalue weighted by Gasteiger charge is 2.19. The quantitative estimate of drug-likeness (QED) is 0.278. The molecule has 0 saturated carbocycles. The average molecular weight is 529 g/mol. The number of benzene rings is 3. The zero-order valence-electron chi connectivity index (χ0n) is 25.3. The standard InChI is InChI=1S/3C12H16O/c3*1-9(2)12(13)10(3)11-7-5-4-6-8-11/h3*4-10H,1-3H3/t2*10-;/m10./s1. The first-order valence-electron chi connectivity index (χ1n) is 14.1. The van der Waals surface area contributed by atoms with Gasteiger partial charge in [-0.05, 0) is 16.7 Å². The van der Waals surface area contributed by atoms with Gasteiger partial charge in [0.2, 0.25) is 0 Å². The summed E-state index contributed by atoms with van der Waals surface area (Å²) in [5, 5.41) is 0. The fourth-order valence-corrected chi connectivity index (χ4v) is 4.22. The molecule has 3 aromatic carbocycles. The lowest BCUT2D eigenvalue weighted by Crippen LogP contribution is -2.15. The van der Waals surface area contributed by atoms with E-state index in [-0.39, 0.29) is 35.5 Å². The Labute approximate surface area is 237 Å². The maximum atomic E-state index is 11.6. The SMILES string of the molecule is CC(C)C(=O)C(C)c1ccccc1.CC(C)C(=O)[C@@H](C)c1ccccc1.CC(C)C(=O)[C@H](C)c1ccccc1. The minimum atomic E-state index is 0.0289. The first-order valence-corrected chi connectivity index (χ1v) is 14.1. The van der Waals surface area contributed by atoms with Crippen molar-refractivity contribution in [1.29, 1.82) is 0 Å². The minimum Gasteiger partial charge on any atom is -0.299 e. The molecule has 0 aromatic heterocycles. The van der Waals surface area contributed by atoms with Gasteiger partial charge in [-0.1, -0.05) is 153 Å². The maximum absolute atomic E-state index is 11.6. The third kappa shape index (κ3) is 11.5. The second-order valence-corrected chi connectivity index (χ2v) is 11.1. The normalized spacial score (nSPS) is 12.9. The predicted octanol–water partition coefficient (Wildman–Crippen LogP) is 9.05. The molecule has 0 spiro atoms. The van der Waals surface area contributed by atoms with Crippen LogP contribution in [0.1, 0.15) is 96.8 Å². The van der Waals surface area contributed by atoms with E-state index in [9.17, 15) is 14.4 Å². The summed E-state index contributed by atoms with van der Waals surface area (Å²) in [6, 6.07) is 29.8. The average Bonchev–Trinajstić information content (AvgIpc) is 2.96. The molecule has 0 radical (unpaired) electrons. The predicted molar refractivity (Wildman–Crippen MR) is 164 cm³/mol. The van der Waals surface area contributed by atoms with Gasteiger partial charge in [0, 0.05) is 35.5 Å². The monoisotopic (exact) mass is 528 g/mol. The van der Waals surface area contributed by atoms with Gasteiger partial charge in [-0.25, -0.2) is 0 Å². The van der Waals surface area contributed by atoms with Crippen LogP contribution < -0.4 is 0 Å². The molecule has 3 nitrogen and oxygen atoms in total. The summed E-state index contributed by atoms with van der Waals surface area (Å²) in [7, 11) is 0. The fraction of sp³-hybridized carbons (Fsp3) is 0.417. The van der Waals surface area contributed by atoms with E-state index >= 15 is 0 Å². The lowest BCUT2D eigenvalue weighted by molar-refractivity contribution is -0.123. The molecule has 210 valence electrons. The van der Waals surface area contributed by atoms with Gasteiger partial charge in [0.1, 0.15) is 17.3 Å². The van der Waals surface area contributed by atoms with Gasteiger partial charge in [-0.3, -0.25) is 14.4 Å². The van der Waals surface area contributed by atoms with Gasteiger partial charge in [0.25, 0.3) is 0 Å². The van der Waals surface area contributed by atoms with E-state index in [1.807, 2.05) is 153 Å². The molecule has 0 fully saturated rings. The smallest absolute Gasteiger partial charge is 0.142 e. The van der Waals surface area contributed by atoms with Crippen LogP contribution in [-0.4, -0.2) is 17.3 Å². The van der Waals surface area contributed by atoms with Crippen LogP contribution in [0.2, 0.25) is 0 Å². The molecule has 3 rings (SSSR count). The van der Waals surface area contributed by atoms with Crippen LogP contribution in [0.15, 0.2) is 91.0 Å². The van der Waals surface area contributed by atoms with Gasteiger partial charge < -0.3 is 0 Å². The van der Waals surface area contributed by atoms with Crippen molar-refractivity contribution in [2.75, 3.05) is 0 Å². The topological polar surface area (TPSA) is 51.2 Å². The highest BCUT2D eigenvalue weighted by molar-refractivity contribution is 5.87. The van der Waals surface area contributed by atoms with Gasteiger partial charge in [0.05, 0.1) is 0 Å². The van der Waals surface area contributed by atoms with Crippen molar-refractivity contribution in [3.05, 3.63) is 108 Å². The van der Waals surface area contributed by atoms with Crippen molar-refractivity contribution in [3.8, 4) is 0 Å². The van der Waals surface area contributed by atoms with Crippen LogP contribution in [0.4, 0.5) is 0 Å². The number of carbonyl (C=O) groups excluding carboxylic acids is 3. The van der Waals surface area contributed by atoms with Crippen molar-refractivity contribution in [2.24, 2.45) is 17.8 Å². The number of carbonyl (C=O) groups is 3. The van der Waals surface area contributed by atoms with Gasteiger partial charge >= 0.3 is 0 Å². The summed E-state index contributed by atoms with van der Waals surface area (Å²) in [4.78, 5) is 34.9. The fourth-order valence-electron chi connectivity index (χ4n) is 4.22. The number of hydrogen-bond donors (Lipinski definition) is 0. The molecule has 0 aliphatic heterocycles. The Balaban J connectivity index is 0.000000292. The second-order valence-electron chi connectivity index (χ2n) is 11.1. The molecular weight excluding hydrogens is 480 g/mol. The van der Waals surface area contributed by atoms with Crippen molar-refractivity contribution in [1.82, 2.24) is 0 Å². The molecule has 0 saturated heterocycles. The Kier molecular flexibility index (Phi) is 14.9. The third-order valence-electron chi connectivity index (χ3n) is 6.89. The Morgan fingerprint density at radius 2 is 0.538 bits per heavy atom. The van der Waals surface area contributed by atoms with Crippen LogP contribution in [-0.2, 0) is 14.4 Å². The summed E-state index contributed by atoms with van der Waals surface area (Å²) in [5.41, 5.74) is 3.34. The highest BCUT2D eigenvalue weighted by Crippen LogP contribution is 2.21. The van der Waals surface area contributed by atoms with E-state index in [2.05, 4.69) is 0 Å². The Bertz CT molecular complexity index is 970. The lowest BCUT2D eigenvalue weighted by atomic mass is 9.91. The zero-order valence-corrected chi connectivity index (χ0v) is 25.3. The molecule has 0 amide bonds. The Morgan fingerprint density at radius 3 is 0.692 bits per heavy atom. The van der Waals surface area contributed by atoms with E-state index in [4.69, 9.17) is 0 Å². The van der Waals surface area contributed by atoms with Gasteiger partial charge in [0.15, 0.2) is 0 Å². The minimum absolute atomic E-state index is 0.0289. The van der Waals surface area contributed by atoms with Crippen molar-refractivity contribution in [2.45, 2.75) is 80.1 Å². The molecule has 1 unspecified atom stereocenters. The molecule has 0 heterocycles. The first-order chi connectivity index (χ1) is 18.4. The molecule has 0 aliphatic rings. The van der Waals surface area contributed by atoms with E-state index in [1.165, 1.54) is 0 Å². The summed E-state index contributed by atoms with van der Waals surface area (Å²) in [5.74, 6) is 1.38. The molecule has 3 heteroatoms. The summed E-state index contributed by atoms with van der Waals surface area (Å²) in [6.45, 7) is 17.6. The Morgan fingerprint density at radius 1 is 0.359 bits per heavy atom. The number of rotatable bonds is 9. The van der Waals surface area contributed by atoms with Crippen molar-refractivity contribution < 1.29 is 14.4 Å². The molecule has 3 atom stereocenters. The van der Waals surface area contributed by atoms with Crippen LogP contribution >= 0.6 is 0 Å². The maximum Gasteiger partial charge on any atom is 0.142 e. The van der Waals surface area contributed by atoms with Crippen LogP contribution in [0.3, 0.4) is 0 Å². The Hall–Kier alpha value is -3.33. The third-order valence-corrected chi connectivity index (χ3v) is 6.89. The van der Waals surface area contributed by atoms with Crippen LogP contribution in [0, 0.1) is 17.8 Å². The van der Waals surface area contributed by atoms with E-state index in [1.54, 1.807) is 0 Å².